The van der Waals surface area contributed by atoms with E-state index in [0.29, 0.717) is 27.7 Å². The zero-order valence-electron chi connectivity index (χ0n) is 12.7. The van der Waals surface area contributed by atoms with Crippen LogP contribution >= 0.6 is 23.2 Å². The van der Waals surface area contributed by atoms with E-state index in [4.69, 9.17) is 23.2 Å². The Morgan fingerprint density at radius 1 is 1.17 bits per heavy atom. The van der Waals surface area contributed by atoms with E-state index in [0.717, 1.165) is 24.2 Å². The van der Waals surface area contributed by atoms with E-state index in [1.807, 2.05) is 13.0 Å². The largest absolute Gasteiger partial charge is 0.394 e. The maximum Gasteiger partial charge on any atom is 0.225 e. The van der Waals surface area contributed by atoms with Gasteiger partial charge in [-0.1, -0.05) is 23.2 Å². The molecular weight excluding hydrogens is 335 g/mol. The topological polar surface area (TPSA) is 70.1 Å². The Morgan fingerprint density at radius 3 is 2.48 bits per heavy atom. The van der Waals surface area contributed by atoms with E-state index >= 15 is 0 Å². The third-order valence-corrected chi connectivity index (χ3v) is 3.96. The predicted molar refractivity (Wildman–Crippen MR) is 93.9 cm³/mol. The number of benzene rings is 1. The van der Waals surface area contributed by atoms with Gasteiger partial charge in [-0.25, -0.2) is 4.98 Å². The summed E-state index contributed by atoms with van der Waals surface area (Å²) < 4.78 is 0. The molecule has 0 spiro atoms. The molecule has 0 unspecified atom stereocenters. The van der Waals surface area contributed by atoms with E-state index < -0.39 is 0 Å². The second-order valence-electron chi connectivity index (χ2n) is 5.79. The number of hydrogen-bond donors (Lipinski definition) is 3. The molecule has 1 aliphatic carbocycles. The predicted octanol–water partition coefficient (Wildman–Crippen LogP) is 4.20. The maximum absolute atomic E-state index is 9.19. The van der Waals surface area contributed by atoms with Crippen LogP contribution in [-0.4, -0.2) is 27.7 Å². The molecule has 0 aliphatic heterocycles. The number of aromatic nitrogens is 2. The molecule has 3 rings (SSSR count). The van der Waals surface area contributed by atoms with E-state index in [1.165, 1.54) is 0 Å². The van der Waals surface area contributed by atoms with Gasteiger partial charge in [-0.05, 0) is 38.0 Å². The fraction of sp³-hybridized carbons (Fsp3) is 0.375. The molecule has 1 aromatic heterocycles. The van der Waals surface area contributed by atoms with E-state index in [-0.39, 0.29) is 12.6 Å². The van der Waals surface area contributed by atoms with Crippen LogP contribution in [-0.2, 0) is 0 Å². The fourth-order valence-corrected chi connectivity index (χ4v) is 2.75. The number of nitrogens with one attached hydrogen (secondary N) is 2. The van der Waals surface area contributed by atoms with Crippen molar-refractivity contribution in [2.75, 3.05) is 17.2 Å². The Kier molecular flexibility index (Phi) is 4.90. The molecule has 0 saturated heterocycles. The summed E-state index contributed by atoms with van der Waals surface area (Å²) in [7, 11) is 0. The maximum atomic E-state index is 9.19. The lowest BCUT2D eigenvalue weighted by molar-refractivity contribution is 0.281. The first-order chi connectivity index (χ1) is 11.0. The quantitative estimate of drug-likeness (QED) is 0.726. The number of anilines is 3. The van der Waals surface area contributed by atoms with Crippen molar-refractivity contribution in [3.8, 4) is 0 Å². The van der Waals surface area contributed by atoms with Crippen LogP contribution in [0.25, 0.3) is 0 Å². The first-order valence-electron chi connectivity index (χ1n) is 7.53. The highest BCUT2D eigenvalue weighted by molar-refractivity contribution is 6.35. The van der Waals surface area contributed by atoms with Gasteiger partial charge in [0.2, 0.25) is 5.95 Å². The lowest BCUT2D eigenvalue weighted by Crippen LogP contribution is -2.21. The molecule has 2 aromatic rings. The van der Waals surface area contributed by atoms with Gasteiger partial charge < -0.3 is 15.7 Å². The Labute approximate surface area is 145 Å². The monoisotopic (exact) mass is 352 g/mol. The van der Waals surface area contributed by atoms with Crippen LogP contribution in [0.5, 0.6) is 0 Å². The number of aliphatic hydroxyl groups excluding tert-OH is 1. The van der Waals surface area contributed by atoms with E-state index in [9.17, 15) is 5.11 Å². The van der Waals surface area contributed by atoms with Crippen LogP contribution in [0.15, 0.2) is 24.3 Å². The molecule has 122 valence electrons. The molecule has 1 saturated carbocycles. The Bertz CT molecular complexity index is 686. The minimum Gasteiger partial charge on any atom is -0.394 e. The van der Waals surface area contributed by atoms with Crippen LogP contribution < -0.4 is 10.6 Å². The zero-order chi connectivity index (χ0) is 16.4. The molecule has 5 nitrogen and oxygen atoms in total. The normalized spacial score (nSPS) is 15.3. The van der Waals surface area contributed by atoms with Gasteiger partial charge in [0.25, 0.3) is 0 Å². The van der Waals surface area contributed by atoms with Gasteiger partial charge in [0, 0.05) is 33.8 Å². The summed E-state index contributed by atoms with van der Waals surface area (Å²) >= 11 is 12.1. The molecule has 23 heavy (non-hydrogen) atoms. The van der Waals surface area contributed by atoms with Crippen molar-refractivity contribution < 1.29 is 5.11 Å². The average molecular weight is 353 g/mol. The summed E-state index contributed by atoms with van der Waals surface area (Å²) in [5, 5.41) is 16.6. The van der Waals surface area contributed by atoms with Crippen LogP contribution in [0, 0.1) is 0 Å². The van der Waals surface area contributed by atoms with E-state index in [2.05, 4.69) is 20.6 Å². The SMILES string of the molecule is C[C@H](CO)Nc1nc(Nc2cc(Cl)cc(Cl)c2)cc(C2CC2)n1. The summed E-state index contributed by atoms with van der Waals surface area (Å²) in [5.74, 6) is 1.67. The average Bonchev–Trinajstić information content (AvgIpc) is 3.30. The van der Waals surface area contributed by atoms with Crippen molar-refractivity contribution >= 4 is 40.7 Å². The van der Waals surface area contributed by atoms with Crippen LogP contribution in [0.4, 0.5) is 17.5 Å². The molecule has 1 aromatic carbocycles. The standard InChI is InChI=1S/C16H18Cl2N4O/c1-9(8-23)19-16-21-14(10-2-3-10)7-15(22-16)20-13-5-11(17)4-12(18)6-13/h4-7,9-10,23H,2-3,8H2,1H3,(H2,19,20,21,22)/t9-/m1/s1. The summed E-state index contributed by atoms with van der Waals surface area (Å²) in [6.07, 6.45) is 2.29. The molecule has 1 atom stereocenters. The molecule has 0 radical (unpaired) electrons. The van der Waals surface area contributed by atoms with Gasteiger partial charge in [0.15, 0.2) is 0 Å². The van der Waals surface area contributed by atoms with Crippen LogP contribution in [0.2, 0.25) is 10.0 Å². The van der Waals surface area contributed by atoms with E-state index in [1.54, 1.807) is 18.2 Å². The zero-order valence-corrected chi connectivity index (χ0v) is 14.2. The first-order valence-corrected chi connectivity index (χ1v) is 8.28. The fourth-order valence-electron chi connectivity index (χ4n) is 2.22. The Hall–Kier alpha value is -1.56. The van der Waals surface area contributed by atoms with Crippen molar-refractivity contribution in [2.24, 2.45) is 0 Å². The van der Waals surface area contributed by atoms with Crippen molar-refractivity contribution in [3.05, 3.63) is 40.0 Å². The molecule has 7 heteroatoms. The highest BCUT2D eigenvalue weighted by atomic mass is 35.5. The highest BCUT2D eigenvalue weighted by Crippen LogP contribution is 2.40. The lowest BCUT2D eigenvalue weighted by atomic mass is 10.2. The first kappa shape index (κ1) is 16.3. The van der Waals surface area contributed by atoms with Crippen molar-refractivity contribution in [2.45, 2.75) is 31.7 Å². The van der Waals surface area contributed by atoms with Crippen LogP contribution in [0.3, 0.4) is 0 Å². The molecule has 0 bridgehead atoms. The Balaban J connectivity index is 1.87. The number of rotatable bonds is 6. The third-order valence-electron chi connectivity index (χ3n) is 3.53. The van der Waals surface area contributed by atoms with Crippen LogP contribution in [0.1, 0.15) is 31.4 Å². The smallest absolute Gasteiger partial charge is 0.225 e. The molecule has 3 N–H and O–H groups in total. The number of aliphatic hydroxyl groups is 1. The molecular formula is C16H18Cl2N4O. The Morgan fingerprint density at radius 2 is 1.87 bits per heavy atom. The van der Waals surface area contributed by atoms with Gasteiger partial charge in [-0.2, -0.15) is 4.98 Å². The minimum absolute atomic E-state index is 0.0175. The molecule has 1 fully saturated rings. The van der Waals surface area contributed by atoms with Crippen molar-refractivity contribution in [1.29, 1.82) is 0 Å². The van der Waals surface area contributed by atoms with Crippen molar-refractivity contribution in [1.82, 2.24) is 9.97 Å². The number of hydrogen-bond acceptors (Lipinski definition) is 5. The lowest BCUT2D eigenvalue weighted by Gasteiger charge is -2.14. The van der Waals surface area contributed by atoms with Gasteiger partial charge >= 0.3 is 0 Å². The molecule has 1 aliphatic rings. The molecule has 0 amide bonds. The van der Waals surface area contributed by atoms with Gasteiger partial charge in [0.05, 0.1) is 12.3 Å². The van der Waals surface area contributed by atoms with Gasteiger partial charge in [-0.3, -0.25) is 0 Å². The summed E-state index contributed by atoms with van der Waals surface area (Å²) in [6.45, 7) is 1.89. The molecule has 1 heterocycles. The third kappa shape index (κ3) is 4.47. The highest BCUT2D eigenvalue weighted by Gasteiger charge is 2.26. The second-order valence-corrected chi connectivity index (χ2v) is 6.66. The second kappa shape index (κ2) is 6.91. The number of nitrogens with zero attached hydrogens (tertiary/aromatic N) is 2. The minimum atomic E-state index is -0.113. The number of halogens is 2. The van der Waals surface area contributed by atoms with Gasteiger partial charge in [-0.15, -0.1) is 0 Å². The summed E-state index contributed by atoms with van der Waals surface area (Å²) in [6, 6.07) is 7.09. The van der Waals surface area contributed by atoms with Gasteiger partial charge in [0.1, 0.15) is 5.82 Å². The summed E-state index contributed by atoms with van der Waals surface area (Å²) in [5.41, 5.74) is 1.77. The van der Waals surface area contributed by atoms with Crippen molar-refractivity contribution in [3.63, 3.8) is 0 Å². The summed E-state index contributed by atoms with van der Waals surface area (Å²) in [4.78, 5) is 8.99.